The molecule has 0 saturated carbocycles. The molecule has 0 aromatic heterocycles. The molecule has 9 heteroatoms. The van der Waals surface area contributed by atoms with Gasteiger partial charge in [-0.05, 0) is 61.4 Å². The van der Waals surface area contributed by atoms with Crippen molar-refractivity contribution < 1.29 is 22.7 Å². The van der Waals surface area contributed by atoms with Gasteiger partial charge in [-0.2, -0.15) is 0 Å². The Morgan fingerprint density at radius 2 is 1.76 bits per heavy atom. The normalized spacial score (nSPS) is 15.9. The summed E-state index contributed by atoms with van der Waals surface area (Å²) in [6.45, 7) is 1.72. The average Bonchev–Trinajstić information content (AvgIpc) is 3.23. The summed E-state index contributed by atoms with van der Waals surface area (Å²) in [5.74, 6) is -0.602. The molecule has 4 rings (SSSR count). The summed E-state index contributed by atoms with van der Waals surface area (Å²) in [4.78, 5) is 27.6. The second kappa shape index (κ2) is 9.90. The van der Waals surface area contributed by atoms with E-state index in [9.17, 15) is 18.0 Å². The molecule has 1 aliphatic heterocycles. The zero-order chi connectivity index (χ0) is 24.3. The van der Waals surface area contributed by atoms with Crippen molar-refractivity contribution in [1.82, 2.24) is 4.31 Å². The van der Waals surface area contributed by atoms with Crippen LogP contribution >= 0.6 is 11.8 Å². The van der Waals surface area contributed by atoms with Gasteiger partial charge in [-0.1, -0.05) is 42.1 Å². The van der Waals surface area contributed by atoms with Crippen LogP contribution in [0.1, 0.15) is 18.4 Å². The first-order valence-corrected chi connectivity index (χ1v) is 12.9. The lowest BCUT2D eigenvalue weighted by molar-refractivity contribution is -0.128. The van der Waals surface area contributed by atoms with Crippen LogP contribution in [0.2, 0.25) is 0 Å². The maximum atomic E-state index is 13.4. The lowest BCUT2D eigenvalue weighted by Crippen LogP contribution is -2.45. The first kappa shape index (κ1) is 23.8. The number of nitrogens with one attached hydrogen (secondary N) is 1. The Balaban J connectivity index is 1.59. The molecule has 1 atom stereocenters. The highest BCUT2D eigenvalue weighted by Gasteiger charge is 2.44. The summed E-state index contributed by atoms with van der Waals surface area (Å²) in [6.07, 6.45) is 0.0971. The summed E-state index contributed by atoms with van der Waals surface area (Å²) in [5.41, 5.74) is 1.17. The van der Waals surface area contributed by atoms with Crippen LogP contribution in [0.5, 0.6) is 5.75 Å². The van der Waals surface area contributed by atoms with E-state index in [1.807, 2.05) is 42.5 Å². The van der Waals surface area contributed by atoms with Gasteiger partial charge in [0.25, 0.3) is 10.0 Å². The fraction of sp³-hybridized carbons (Fsp3) is 0.200. The van der Waals surface area contributed by atoms with Crippen molar-refractivity contribution in [2.75, 3.05) is 12.4 Å². The van der Waals surface area contributed by atoms with Gasteiger partial charge in [0.15, 0.2) is 0 Å². The fourth-order valence-corrected chi connectivity index (χ4v) is 6.43. The standard InChI is InChI=1S/C25H24N2O5S2/c1-17-16-19(12-14-22(17)32-2)34(30,31)27-21(13-15-24(27)28)25(29)26-20-10-6-7-11-23(20)33-18-8-4-3-5-9-18/h3-12,14,16,21H,13,15H2,1-2H3,(H,26,29)/t21-/m0/s1. The monoisotopic (exact) mass is 496 g/mol. The van der Waals surface area contributed by atoms with Gasteiger partial charge in [0, 0.05) is 16.2 Å². The third-order valence-corrected chi connectivity index (χ3v) is 8.41. The zero-order valence-corrected chi connectivity index (χ0v) is 20.4. The molecule has 2 amide bonds. The van der Waals surface area contributed by atoms with Crippen molar-refractivity contribution in [2.45, 2.75) is 40.5 Å². The van der Waals surface area contributed by atoms with E-state index in [1.54, 1.807) is 19.1 Å². The average molecular weight is 497 g/mol. The van der Waals surface area contributed by atoms with Crippen LogP contribution in [-0.4, -0.2) is 37.7 Å². The van der Waals surface area contributed by atoms with Gasteiger partial charge >= 0.3 is 0 Å². The lowest BCUT2D eigenvalue weighted by Gasteiger charge is -2.24. The smallest absolute Gasteiger partial charge is 0.267 e. The van der Waals surface area contributed by atoms with Crippen molar-refractivity contribution in [1.29, 1.82) is 0 Å². The van der Waals surface area contributed by atoms with Gasteiger partial charge in [-0.3, -0.25) is 9.59 Å². The minimum absolute atomic E-state index is 0.0210. The zero-order valence-electron chi connectivity index (χ0n) is 18.7. The lowest BCUT2D eigenvalue weighted by atomic mass is 10.2. The van der Waals surface area contributed by atoms with Crippen molar-refractivity contribution in [3.63, 3.8) is 0 Å². The van der Waals surface area contributed by atoms with Crippen LogP contribution in [0.25, 0.3) is 0 Å². The van der Waals surface area contributed by atoms with Gasteiger partial charge < -0.3 is 10.1 Å². The Hall–Kier alpha value is -3.30. The molecule has 7 nitrogen and oxygen atoms in total. The number of hydrogen-bond acceptors (Lipinski definition) is 6. The molecule has 176 valence electrons. The molecule has 0 bridgehead atoms. The fourth-order valence-electron chi connectivity index (χ4n) is 3.82. The number of ether oxygens (including phenoxy) is 1. The molecule has 0 radical (unpaired) electrons. The summed E-state index contributed by atoms with van der Waals surface area (Å²) in [7, 11) is -2.72. The number of rotatable bonds is 7. The third kappa shape index (κ3) is 4.80. The molecular formula is C25H24N2O5S2. The van der Waals surface area contributed by atoms with E-state index >= 15 is 0 Å². The molecule has 1 N–H and O–H groups in total. The molecule has 3 aromatic rings. The number of sulfonamides is 1. The predicted molar refractivity (Wildman–Crippen MR) is 130 cm³/mol. The number of aryl methyl sites for hydroxylation is 1. The number of nitrogens with zero attached hydrogens (tertiary/aromatic N) is 1. The molecule has 1 fully saturated rings. The summed E-state index contributed by atoms with van der Waals surface area (Å²) < 4.78 is 32.6. The molecule has 1 saturated heterocycles. The third-order valence-electron chi connectivity index (χ3n) is 5.50. The number of hydrogen-bond donors (Lipinski definition) is 1. The van der Waals surface area contributed by atoms with Crippen molar-refractivity contribution >= 4 is 39.3 Å². The predicted octanol–water partition coefficient (Wildman–Crippen LogP) is 4.47. The van der Waals surface area contributed by atoms with Gasteiger partial charge in [0.2, 0.25) is 11.8 Å². The van der Waals surface area contributed by atoms with Crippen LogP contribution in [0.3, 0.4) is 0 Å². The molecule has 1 aliphatic rings. The molecule has 0 spiro atoms. The van der Waals surface area contributed by atoms with Crippen LogP contribution in [0, 0.1) is 6.92 Å². The Labute approximate surface area is 203 Å². The van der Waals surface area contributed by atoms with Crippen LogP contribution < -0.4 is 10.1 Å². The Morgan fingerprint density at radius 1 is 1.06 bits per heavy atom. The van der Waals surface area contributed by atoms with E-state index < -0.39 is 27.9 Å². The SMILES string of the molecule is COc1ccc(S(=O)(=O)N2C(=O)CC[C@H]2C(=O)Nc2ccccc2Sc2ccccc2)cc1C. The quantitative estimate of drug-likeness (QED) is 0.519. The van der Waals surface area contributed by atoms with Gasteiger partial charge in [0.05, 0.1) is 17.7 Å². The minimum atomic E-state index is -4.22. The van der Waals surface area contributed by atoms with Crippen LogP contribution in [0.4, 0.5) is 5.69 Å². The first-order chi connectivity index (χ1) is 16.3. The Bertz CT molecular complexity index is 1330. The maximum absolute atomic E-state index is 13.4. The van der Waals surface area contributed by atoms with Crippen molar-refractivity contribution in [2.24, 2.45) is 0 Å². The summed E-state index contributed by atoms with van der Waals surface area (Å²) in [6, 6.07) is 20.2. The number of benzene rings is 3. The summed E-state index contributed by atoms with van der Waals surface area (Å²) >= 11 is 1.48. The number of carbonyl (C=O) groups excluding carboxylic acids is 2. The topological polar surface area (TPSA) is 92.8 Å². The highest BCUT2D eigenvalue weighted by atomic mass is 32.2. The Kier molecular flexibility index (Phi) is 6.95. The van der Waals surface area contributed by atoms with Gasteiger partial charge in [-0.25, -0.2) is 12.7 Å². The second-order valence-corrected chi connectivity index (χ2v) is 10.7. The van der Waals surface area contributed by atoms with E-state index in [0.717, 1.165) is 14.1 Å². The van der Waals surface area contributed by atoms with Crippen molar-refractivity contribution in [3.05, 3.63) is 78.4 Å². The van der Waals surface area contributed by atoms with Crippen LogP contribution in [-0.2, 0) is 19.6 Å². The molecule has 0 unspecified atom stereocenters. The molecule has 0 aliphatic carbocycles. The Morgan fingerprint density at radius 3 is 2.47 bits per heavy atom. The molecule has 1 heterocycles. The highest BCUT2D eigenvalue weighted by molar-refractivity contribution is 7.99. The second-order valence-electron chi connectivity index (χ2n) is 7.78. The van der Waals surface area contributed by atoms with E-state index in [-0.39, 0.29) is 17.7 Å². The van der Waals surface area contributed by atoms with Crippen LogP contribution in [0.15, 0.2) is 87.5 Å². The number of amides is 2. The molecule has 3 aromatic carbocycles. The first-order valence-electron chi connectivity index (χ1n) is 10.7. The maximum Gasteiger partial charge on any atom is 0.267 e. The minimum Gasteiger partial charge on any atom is -0.496 e. The van der Waals surface area contributed by atoms with E-state index in [0.29, 0.717) is 17.0 Å². The van der Waals surface area contributed by atoms with E-state index in [4.69, 9.17) is 4.74 Å². The largest absolute Gasteiger partial charge is 0.496 e. The van der Waals surface area contributed by atoms with Gasteiger partial charge in [0.1, 0.15) is 11.8 Å². The number of para-hydroxylation sites is 1. The highest BCUT2D eigenvalue weighted by Crippen LogP contribution is 2.35. The molecule has 34 heavy (non-hydrogen) atoms. The number of methoxy groups -OCH3 is 1. The number of carbonyl (C=O) groups is 2. The van der Waals surface area contributed by atoms with Gasteiger partial charge in [-0.15, -0.1) is 0 Å². The molecular weight excluding hydrogens is 472 g/mol. The van der Waals surface area contributed by atoms with Crippen molar-refractivity contribution in [3.8, 4) is 5.75 Å². The van der Waals surface area contributed by atoms with E-state index in [1.165, 1.54) is 37.1 Å². The van der Waals surface area contributed by atoms with E-state index in [2.05, 4.69) is 5.32 Å². The number of anilines is 1. The summed E-state index contributed by atoms with van der Waals surface area (Å²) in [5, 5.41) is 2.84.